The number of aromatic nitrogens is 4. The van der Waals surface area contributed by atoms with Crippen molar-refractivity contribution < 1.29 is 0 Å². The molecule has 0 spiro atoms. The highest BCUT2D eigenvalue weighted by Crippen LogP contribution is 2.33. The first kappa shape index (κ1) is 23.5. The van der Waals surface area contributed by atoms with E-state index in [9.17, 15) is 0 Å². The molecule has 0 bridgehead atoms. The van der Waals surface area contributed by atoms with Crippen LogP contribution in [0.15, 0.2) is 144 Å². The van der Waals surface area contributed by atoms with Gasteiger partial charge in [-0.1, -0.05) is 48.5 Å². The molecule has 188 valence electrons. The van der Waals surface area contributed by atoms with Gasteiger partial charge in [-0.2, -0.15) is 0 Å². The van der Waals surface area contributed by atoms with Crippen LogP contribution in [0, 0.1) is 0 Å². The Morgan fingerprint density at radius 2 is 0.625 bits per heavy atom. The molecule has 0 amide bonds. The van der Waals surface area contributed by atoms with Gasteiger partial charge < -0.3 is 0 Å². The van der Waals surface area contributed by atoms with Crippen molar-refractivity contribution >= 4 is 22.8 Å². The topological polar surface area (TPSA) is 76.3 Å². The minimum Gasteiger partial charge on any atom is -0.265 e. The molecule has 6 heteroatoms. The smallest absolute Gasteiger partial charge is 0.0914 e. The number of benzene rings is 2. The number of nitrogens with zero attached hydrogens (tertiary/aromatic N) is 6. The summed E-state index contributed by atoms with van der Waals surface area (Å²) >= 11 is 0. The maximum atomic E-state index is 5.18. The van der Waals surface area contributed by atoms with Crippen LogP contribution in [0.3, 0.4) is 0 Å². The highest BCUT2D eigenvalue weighted by atomic mass is 14.9. The van der Waals surface area contributed by atoms with Gasteiger partial charge >= 0.3 is 0 Å². The zero-order valence-corrected chi connectivity index (χ0v) is 21.4. The molecule has 0 aliphatic carbocycles. The average molecular weight is 515 g/mol. The summed E-state index contributed by atoms with van der Waals surface area (Å²) in [7, 11) is 0. The third kappa shape index (κ3) is 4.48. The Morgan fingerprint density at radius 1 is 0.300 bits per heavy atom. The Balaban J connectivity index is 1.34. The Bertz CT molecular complexity index is 1720. The SMILES string of the molecule is c1cc(-c2ccc(C3=Nc4cnccc4C(c4ccc(-c5ccncc5)cc4)=Nc4cnccc43)cc2)ccn1. The predicted molar refractivity (Wildman–Crippen MR) is 158 cm³/mol. The standard InChI is InChI=1S/C34H22N6/c1-5-27(6-2-23(1)25-9-15-35-16-10-25)33-29-13-19-37-21-31(29)40-34(30-14-20-38-22-32(30)39-33)28-7-3-24(4-8-28)26-11-17-36-18-12-26/h1-22H. The summed E-state index contributed by atoms with van der Waals surface area (Å²) in [6, 6.07) is 28.8. The molecule has 7 rings (SSSR count). The highest BCUT2D eigenvalue weighted by molar-refractivity contribution is 6.22. The molecule has 0 radical (unpaired) electrons. The molecule has 40 heavy (non-hydrogen) atoms. The molecule has 2 aromatic carbocycles. The van der Waals surface area contributed by atoms with E-state index in [1.54, 1.807) is 49.6 Å². The maximum absolute atomic E-state index is 5.18. The van der Waals surface area contributed by atoms with Gasteiger partial charge in [-0.25, -0.2) is 9.98 Å². The summed E-state index contributed by atoms with van der Waals surface area (Å²) in [6.45, 7) is 0. The second-order valence-electron chi connectivity index (χ2n) is 9.33. The normalized spacial score (nSPS) is 12.3. The molecule has 0 fully saturated rings. The van der Waals surface area contributed by atoms with E-state index < -0.39 is 0 Å². The van der Waals surface area contributed by atoms with E-state index in [1.807, 2.05) is 36.4 Å². The van der Waals surface area contributed by atoms with Gasteiger partial charge in [-0.3, -0.25) is 19.9 Å². The first-order valence-electron chi connectivity index (χ1n) is 12.9. The third-order valence-electron chi connectivity index (χ3n) is 6.92. The van der Waals surface area contributed by atoms with Crippen LogP contribution in [0.1, 0.15) is 22.3 Å². The zero-order chi connectivity index (χ0) is 26.7. The molecule has 0 saturated heterocycles. The molecule has 4 aromatic heterocycles. The van der Waals surface area contributed by atoms with Gasteiger partial charge in [0.25, 0.3) is 0 Å². The number of hydrogen-bond acceptors (Lipinski definition) is 6. The van der Waals surface area contributed by atoms with Gasteiger partial charge in [0.2, 0.25) is 0 Å². The van der Waals surface area contributed by atoms with Gasteiger partial charge in [0.1, 0.15) is 0 Å². The zero-order valence-electron chi connectivity index (χ0n) is 21.4. The van der Waals surface area contributed by atoms with Crippen molar-refractivity contribution in [2.75, 3.05) is 0 Å². The molecule has 1 aliphatic rings. The molecule has 6 nitrogen and oxygen atoms in total. The molecule has 6 aromatic rings. The van der Waals surface area contributed by atoms with Gasteiger partial charge in [0.15, 0.2) is 0 Å². The van der Waals surface area contributed by atoms with Crippen molar-refractivity contribution in [1.29, 1.82) is 0 Å². The Morgan fingerprint density at radius 3 is 1.02 bits per heavy atom. The van der Waals surface area contributed by atoms with Crippen LogP contribution in [0.5, 0.6) is 0 Å². The second-order valence-corrected chi connectivity index (χ2v) is 9.33. The Hall–Kier alpha value is -5.62. The van der Waals surface area contributed by atoms with Crippen molar-refractivity contribution in [2.24, 2.45) is 9.98 Å². The molecule has 5 heterocycles. The first-order chi connectivity index (χ1) is 19.8. The second kappa shape index (κ2) is 10.3. The largest absolute Gasteiger partial charge is 0.265 e. The van der Waals surface area contributed by atoms with E-state index in [2.05, 4.69) is 68.5 Å². The van der Waals surface area contributed by atoms with Crippen LogP contribution in [-0.4, -0.2) is 31.4 Å². The minimum atomic E-state index is 0.759. The van der Waals surface area contributed by atoms with E-state index in [-0.39, 0.29) is 0 Å². The number of fused-ring (bicyclic) bond motifs is 2. The first-order valence-corrected chi connectivity index (χ1v) is 12.9. The van der Waals surface area contributed by atoms with Crippen molar-refractivity contribution in [1.82, 2.24) is 19.9 Å². The van der Waals surface area contributed by atoms with E-state index in [0.717, 1.165) is 67.3 Å². The average Bonchev–Trinajstić information content (AvgIpc) is 3.03. The van der Waals surface area contributed by atoms with Crippen LogP contribution >= 0.6 is 0 Å². The van der Waals surface area contributed by atoms with Crippen LogP contribution in [0.25, 0.3) is 22.3 Å². The maximum Gasteiger partial charge on any atom is 0.0914 e. The molecular weight excluding hydrogens is 492 g/mol. The van der Waals surface area contributed by atoms with Crippen LogP contribution < -0.4 is 0 Å². The summed E-state index contributed by atoms with van der Waals surface area (Å²) in [4.78, 5) is 27.4. The van der Waals surface area contributed by atoms with Crippen molar-refractivity contribution in [3.63, 3.8) is 0 Å². The molecule has 0 saturated carbocycles. The monoisotopic (exact) mass is 514 g/mol. The van der Waals surface area contributed by atoms with E-state index in [4.69, 9.17) is 9.98 Å². The molecule has 0 unspecified atom stereocenters. The number of hydrogen-bond donors (Lipinski definition) is 0. The summed E-state index contributed by atoms with van der Waals surface area (Å²) in [5.74, 6) is 0. The van der Waals surface area contributed by atoms with Crippen molar-refractivity contribution in [3.8, 4) is 22.3 Å². The van der Waals surface area contributed by atoms with E-state index >= 15 is 0 Å². The highest BCUT2D eigenvalue weighted by Gasteiger charge is 2.20. The number of rotatable bonds is 4. The fourth-order valence-electron chi connectivity index (χ4n) is 4.88. The van der Waals surface area contributed by atoms with Crippen LogP contribution in [0.4, 0.5) is 11.4 Å². The predicted octanol–water partition coefficient (Wildman–Crippen LogP) is 7.25. The summed E-state index contributed by atoms with van der Waals surface area (Å²) in [5, 5.41) is 0. The van der Waals surface area contributed by atoms with E-state index in [0.29, 0.717) is 0 Å². The summed E-state index contributed by atoms with van der Waals surface area (Å²) in [6.07, 6.45) is 14.4. The quantitative estimate of drug-likeness (QED) is 0.248. The van der Waals surface area contributed by atoms with Gasteiger partial charge in [0.05, 0.1) is 35.2 Å². The Kier molecular flexibility index (Phi) is 6.03. The Labute approximate surface area is 231 Å². The molecular formula is C34H22N6. The van der Waals surface area contributed by atoms with Gasteiger partial charge in [0, 0.05) is 59.4 Å². The van der Waals surface area contributed by atoms with Gasteiger partial charge in [-0.05, 0) is 58.7 Å². The minimum absolute atomic E-state index is 0.759. The fraction of sp³-hybridized carbons (Fsp3) is 0. The number of aliphatic imine (C=N–C) groups is 2. The molecule has 0 N–H and O–H groups in total. The molecule has 0 atom stereocenters. The fourth-order valence-corrected chi connectivity index (χ4v) is 4.88. The van der Waals surface area contributed by atoms with Crippen LogP contribution in [0.2, 0.25) is 0 Å². The van der Waals surface area contributed by atoms with Crippen molar-refractivity contribution in [3.05, 3.63) is 157 Å². The van der Waals surface area contributed by atoms with Gasteiger partial charge in [-0.15, -0.1) is 0 Å². The third-order valence-corrected chi connectivity index (χ3v) is 6.92. The lowest BCUT2D eigenvalue weighted by atomic mass is 9.95. The summed E-state index contributed by atoms with van der Waals surface area (Å²) in [5.41, 5.74) is 11.4. The lowest BCUT2D eigenvalue weighted by Gasteiger charge is -2.18. The van der Waals surface area contributed by atoms with Crippen molar-refractivity contribution in [2.45, 2.75) is 0 Å². The lowest BCUT2D eigenvalue weighted by molar-refractivity contribution is 1.26. The summed E-state index contributed by atoms with van der Waals surface area (Å²) < 4.78 is 0. The van der Waals surface area contributed by atoms with Crippen LogP contribution in [-0.2, 0) is 0 Å². The number of pyridine rings is 4. The molecule has 1 aliphatic heterocycles. The van der Waals surface area contributed by atoms with E-state index in [1.165, 1.54) is 0 Å². The lowest BCUT2D eigenvalue weighted by Crippen LogP contribution is -2.10.